The Balaban J connectivity index is 2.82. The Kier molecular flexibility index (Phi) is 4.21. The Labute approximate surface area is 92.3 Å². The van der Waals surface area contributed by atoms with Crippen molar-refractivity contribution in [1.29, 1.82) is 0 Å². The van der Waals surface area contributed by atoms with Gasteiger partial charge in [-0.15, -0.1) is 0 Å². The fourth-order valence-corrected chi connectivity index (χ4v) is 1.68. The van der Waals surface area contributed by atoms with Crippen molar-refractivity contribution in [3.8, 4) is 0 Å². The first-order valence-corrected chi connectivity index (χ1v) is 5.55. The van der Waals surface area contributed by atoms with Crippen LogP contribution in [-0.4, -0.2) is 16.7 Å². The largest absolute Gasteiger partial charge is 0.309 e. The molecule has 1 heterocycles. The SMILES string of the molecule is CCCNC(c1ccnnc1)C(C)(C)C. The van der Waals surface area contributed by atoms with Gasteiger partial charge < -0.3 is 5.32 Å². The predicted molar refractivity (Wildman–Crippen MR) is 62.5 cm³/mol. The Morgan fingerprint density at radius 1 is 1.33 bits per heavy atom. The summed E-state index contributed by atoms with van der Waals surface area (Å²) >= 11 is 0. The second kappa shape index (κ2) is 5.21. The summed E-state index contributed by atoms with van der Waals surface area (Å²) in [5, 5.41) is 11.3. The van der Waals surface area contributed by atoms with Crippen molar-refractivity contribution in [2.45, 2.75) is 40.2 Å². The van der Waals surface area contributed by atoms with Crippen molar-refractivity contribution in [2.24, 2.45) is 5.41 Å². The van der Waals surface area contributed by atoms with Gasteiger partial charge in [-0.05, 0) is 30.0 Å². The zero-order valence-electron chi connectivity index (χ0n) is 10.1. The van der Waals surface area contributed by atoms with E-state index in [1.807, 2.05) is 12.3 Å². The second-order valence-corrected chi connectivity index (χ2v) is 4.93. The quantitative estimate of drug-likeness (QED) is 0.824. The third-order valence-corrected chi connectivity index (χ3v) is 2.40. The average molecular weight is 207 g/mol. The molecule has 1 aromatic rings. The van der Waals surface area contributed by atoms with E-state index in [0.717, 1.165) is 13.0 Å². The van der Waals surface area contributed by atoms with Crippen LogP contribution in [0.25, 0.3) is 0 Å². The van der Waals surface area contributed by atoms with E-state index in [9.17, 15) is 0 Å². The molecule has 15 heavy (non-hydrogen) atoms. The molecule has 0 fully saturated rings. The fraction of sp³-hybridized carbons (Fsp3) is 0.667. The molecule has 0 bridgehead atoms. The summed E-state index contributed by atoms with van der Waals surface area (Å²) in [6, 6.07) is 2.37. The molecule has 0 spiro atoms. The molecule has 3 nitrogen and oxygen atoms in total. The van der Waals surface area contributed by atoms with Gasteiger partial charge in [-0.3, -0.25) is 0 Å². The van der Waals surface area contributed by atoms with Crippen LogP contribution in [0.15, 0.2) is 18.5 Å². The molecule has 0 aromatic carbocycles. The summed E-state index contributed by atoms with van der Waals surface area (Å²) in [5.41, 5.74) is 1.41. The smallest absolute Gasteiger partial charge is 0.0544 e. The lowest BCUT2D eigenvalue weighted by molar-refractivity contribution is 0.272. The normalized spacial score (nSPS) is 13.9. The van der Waals surface area contributed by atoms with Crippen LogP contribution in [0.1, 0.15) is 45.7 Å². The van der Waals surface area contributed by atoms with Crippen molar-refractivity contribution in [3.05, 3.63) is 24.0 Å². The van der Waals surface area contributed by atoms with Crippen LogP contribution in [0.5, 0.6) is 0 Å². The van der Waals surface area contributed by atoms with Gasteiger partial charge >= 0.3 is 0 Å². The van der Waals surface area contributed by atoms with Gasteiger partial charge in [0.2, 0.25) is 0 Å². The number of nitrogens with one attached hydrogen (secondary N) is 1. The van der Waals surface area contributed by atoms with Crippen molar-refractivity contribution in [2.75, 3.05) is 6.54 Å². The van der Waals surface area contributed by atoms with Crippen molar-refractivity contribution in [3.63, 3.8) is 0 Å². The van der Waals surface area contributed by atoms with E-state index >= 15 is 0 Å². The van der Waals surface area contributed by atoms with Crippen LogP contribution in [0.4, 0.5) is 0 Å². The van der Waals surface area contributed by atoms with E-state index in [0.29, 0.717) is 6.04 Å². The van der Waals surface area contributed by atoms with E-state index in [1.54, 1.807) is 6.20 Å². The number of nitrogens with zero attached hydrogens (tertiary/aromatic N) is 2. The Hall–Kier alpha value is -0.960. The number of aromatic nitrogens is 2. The molecular weight excluding hydrogens is 186 g/mol. The van der Waals surface area contributed by atoms with Crippen LogP contribution < -0.4 is 5.32 Å². The molecule has 84 valence electrons. The molecule has 3 heteroatoms. The first-order chi connectivity index (χ1) is 7.05. The molecule has 1 unspecified atom stereocenters. The number of rotatable bonds is 4. The third-order valence-electron chi connectivity index (χ3n) is 2.40. The van der Waals surface area contributed by atoms with E-state index in [4.69, 9.17) is 0 Å². The maximum Gasteiger partial charge on any atom is 0.0544 e. The molecule has 1 N–H and O–H groups in total. The molecule has 0 saturated heterocycles. The summed E-state index contributed by atoms with van der Waals surface area (Å²) < 4.78 is 0. The van der Waals surface area contributed by atoms with Gasteiger partial charge in [0.25, 0.3) is 0 Å². The van der Waals surface area contributed by atoms with Gasteiger partial charge in [0.1, 0.15) is 0 Å². The third kappa shape index (κ3) is 3.59. The van der Waals surface area contributed by atoms with Crippen LogP contribution >= 0.6 is 0 Å². The Morgan fingerprint density at radius 3 is 2.53 bits per heavy atom. The first kappa shape index (κ1) is 12.1. The second-order valence-electron chi connectivity index (χ2n) is 4.93. The maximum atomic E-state index is 3.94. The van der Waals surface area contributed by atoms with Crippen molar-refractivity contribution < 1.29 is 0 Å². The molecule has 0 radical (unpaired) electrons. The van der Waals surface area contributed by atoms with Gasteiger partial charge in [-0.2, -0.15) is 10.2 Å². The summed E-state index contributed by atoms with van der Waals surface area (Å²) in [6.07, 6.45) is 4.74. The molecule has 1 rings (SSSR count). The summed E-state index contributed by atoms with van der Waals surface area (Å²) in [6.45, 7) is 9.92. The van der Waals surface area contributed by atoms with Gasteiger partial charge in [0.05, 0.1) is 6.20 Å². The van der Waals surface area contributed by atoms with E-state index in [-0.39, 0.29) is 5.41 Å². The minimum absolute atomic E-state index is 0.193. The van der Waals surface area contributed by atoms with E-state index in [2.05, 4.69) is 43.2 Å². The summed E-state index contributed by atoms with van der Waals surface area (Å²) in [7, 11) is 0. The minimum Gasteiger partial charge on any atom is -0.309 e. The topological polar surface area (TPSA) is 37.8 Å². The zero-order valence-corrected chi connectivity index (χ0v) is 10.1. The van der Waals surface area contributed by atoms with Crippen LogP contribution in [-0.2, 0) is 0 Å². The van der Waals surface area contributed by atoms with E-state index < -0.39 is 0 Å². The molecule has 0 aliphatic rings. The lowest BCUT2D eigenvalue weighted by Gasteiger charge is -2.31. The van der Waals surface area contributed by atoms with Crippen LogP contribution in [0, 0.1) is 5.41 Å². The molecule has 0 aliphatic heterocycles. The number of hydrogen-bond donors (Lipinski definition) is 1. The lowest BCUT2D eigenvalue weighted by Crippen LogP contribution is -2.32. The molecule has 0 aliphatic carbocycles. The minimum atomic E-state index is 0.193. The average Bonchev–Trinajstić information content (AvgIpc) is 2.18. The first-order valence-electron chi connectivity index (χ1n) is 5.55. The molecule has 0 saturated carbocycles. The predicted octanol–water partition coefficient (Wildman–Crippen LogP) is 2.56. The zero-order chi connectivity index (χ0) is 11.3. The van der Waals surface area contributed by atoms with Gasteiger partial charge in [0.15, 0.2) is 0 Å². The standard InChI is InChI=1S/C12H21N3/c1-5-7-13-11(12(2,3)4)10-6-8-14-15-9-10/h6,8-9,11,13H,5,7H2,1-4H3. The highest BCUT2D eigenvalue weighted by molar-refractivity contribution is 5.14. The van der Waals surface area contributed by atoms with Crippen molar-refractivity contribution in [1.82, 2.24) is 15.5 Å². The van der Waals surface area contributed by atoms with Crippen molar-refractivity contribution >= 4 is 0 Å². The molecular formula is C12H21N3. The Morgan fingerprint density at radius 2 is 2.07 bits per heavy atom. The van der Waals surface area contributed by atoms with E-state index in [1.165, 1.54) is 5.56 Å². The molecule has 0 amide bonds. The lowest BCUT2D eigenvalue weighted by atomic mass is 9.83. The summed E-state index contributed by atoms with van der Waals surface area (Å²) in [4.78, 5) is 0. The van der Waals surface area contributed by atoms with Crippen LogP contribution in [0.2, 0.25) is 0 Å². The molecule has 1 aromatic heterocycles. The highest BCUT2D eigenvalue weighted by atomic mass is 15.1. The summed E-state index contributed by atoms with van der Waals surface area (Å²) in [5.74, 6) is 0. The van der Waals surface area contributed by atoms with Gasteiger partial charge in [-0.1, -0.05) is 27.7 Å². The fourth-order valence-electron chi connectivity index (χ4n) is 1.68. The van der Waals surface area contributed by atoms with Gasteiger partial charge in [0, 0.05) is 12.2 Å². The highest BCUT2D eigenvalue weighted by Crippen LogP contribution is 2.31. The Bertz CT molecular complexity index is 277. The molecule has 1 atom stereocenters. The van der Waals surface area contributed by atoms with Crippen LogP contribution in [0.3, 0.4) is 0 Å². The highest BCUT2D eigenvalue weighted by Gasteiger charge is 2.25. The maximum absolute atomic E-state index is 3.94. The monoisotopic (exact) mass is 207 g/mol. The van der Waals surface area contributed by atoms with Gasteiger partial charge in [-0.25, -0.2) is 0 Å². The number of hydrogen-bond acceptors (Lipinski definition) is 3.